The lowest BCUT2D eigenvalue weighted by molar-refractivity contribution is 0.191. The number of piperidine rings is 1. The average molecular weight is 368 g/mol. The maximum absolute atomic E-state index is 5.72. The molecule has 1 saturated heterocycles. The van der Waals surface area contributed by atoms with Crippen LogP contribution in [0.25, 0.3) is 0 Å². The first kappa shape index (κ1) is 18.0. The van der Waals surface area contributed by atoms with E-state index in [2.05, 4.69) is 29.1 Å². The Morgan fingerprint density at radius 1 is 1.39 bits per heavy atom. The molecule has 5 heteroatoms. The van der Waals surface area contributed by atoms with E-state index in [1.54, 1.807) is 0 Å². The van der Waals surface area contributed by atoms with Crippen LogP contribution >= 0.6 is 24.0 Å². The topological polar surface area (TPSA) is 53.6 Å². The maximum atomic E-state index is 5.72. The van der Waals surface area contributed by atoms with Crippen molar-refractivity contribution < 1.29 is 0 Å². The number of aliphatic imine (C=N–C) groups is 1. The Hall–Kier alpha value is -0.0400. The van der Waals surface area contributed by atoms with Gasteiger partial charge in [0, 0.05) is 13.1 Å². The molecular formula is C13H29IN4. The molecule has 108 valence electrons. The summed E-state index contributed by atoms with van der Waals surface area (Å²) >= 11 is 0. The number of hydrogen-bond acceptors (Lipinski definition) is 2. The lowest BCUT2D eigenvalue weighted by Gasteiger charge is -2.30. The lowest BCUT2D eigenvalue weighted by Crippen LogP contribution is -2.37. The van der Waals surface area contributed by atoms with Crippen LogP contribution in [0.3, 0.4) is 0 Å². The van der Waals surface area contributed by atoms with E-state index in [-0.39, 0.29) is 24.0 Å². The third kappa shape index (κ3) is 8.13. The van der Waals surface area contributed by atoms with Crippen LogP contribution in [-0.4, -0.2) is 43.6 Å². The number of nitrogens with zero attached hydrogens (tertiary/aromatic N) is 2. The van der Waals surface area contributed by atoms with Gasteiger partial charge in [0.15, 0.2) is 5.96 Å². The van der Waals surface area contributed by atoms with Crippen LogP contribution < -0.4 is 11.1 Å². The van der Waals surface area contributed by atoms with Crippen LogP contribution in [0.4, 0.5) is 0 Å². The first-order valence-electron chi connectivity index (χ1n) is 6.98. The SMILES string of the molecule is CCCN=C(N)NCCCN1CCC(C)CC1.I. The third-order valence-electron chi connectivity index (χ3n) is 3.34. The fourth-order valence-electron chi connectivity index (χ4n) is 2.09. The Balaban J connectivity index is 0.00000289. The number of halogens is 1. The van der Waals surface area contributed by atoms with Crippen LogP contribution in [-0.2, 0) is 0 Å². The third-order valence-corrected chi connectivity index (χ3v) is 3.34. The van der Waals surface area contributed by atoms with E-state index in [0.717, 1.165) is 31.8 Å². The van der Waals surface area contributed by atoms with Gasteiger partial charge in [-0.15, -0.1) is 24.0 Å². The van der Waals surface area contributed by atoms with E-state index in [4.69, 9.17) is 5.73 Å². The van der Waals surface area contributed by atoms with Crippen molar-refractivity contribution in [2.45, 2.75) is 39.5 Å². The molecule has 0 aromatic heterocycles. The van der Waals surface area contributed by atoms with E-state index in [1.165, 1.54) is 32.5 Å². The summed E-state index contributed by atoms with van der Waals surface area (Å²) in [5.74, 6) is 1.51. The molecular weight excluding hydrogens is 339 g/mol. The van der Waals surface area contributed by atoms with Gasteiger partial charge < -0.3 is 16.0 Å². The summed E-state index contributed by atoms with van der Waals surface area (Å²) in [6, 6.07) is 0. The van der Waals surface area contributed by atoms with Crippen molar-refractivity contribution in [3.05, 3.63) is 0 Å². The molecule has 0 unspecified atom stereocenters. The van der Waals surface area contributed by atoms with Crippen molar-refractivity contribution >= 4 is 29.9 Å². The summed E-state index contributed by atoms with van der Waals surface area (Å²) in [7, 11) is 0. The molecule has 0 atom stereocenters. The van der Waals surface area contributed by atoms with E-state index in [9.17, 15) is 0 Å². The van der Waals surface area contributed by atoms with Crippen molar-refractivity contribution in [1.29, 1.82) is 0 Å². The van der Waals surface area contributed by atoms with Gasteiger partial charge >= 0.3 is 0 Å². The quantitative estimate of drug-likeness (QED) is 0.327. The zero-order valence-electron chi connectivity index (χ0n) is 11.8. The molecule has 1 rings (SSSR count). The Labute approximate surface area is 129 Å². The summed E-state index contributed by atoms with van der Waals surface area (Å²) in [5, 5.41) is 3.17. The smallest absolute Gasteiger partial charge is 0.188 e. The summed E-state index contributed by atoms with van der Waals surface area (Å²) in [5.41, 5.74) is 5.72. The second-order valence-corrected chi connectivity index (χ2v) is 5.07. The van der Waals surface area contributed by atoms with Crippen LogP contribution in [0.15, 0.2) is 4.99 Å². The van der Waals surface area contributed by atoms with Crippen molar-refractivity contribution in [2.75, 3.05) is 32.7 Å². The summed E-state index contributed by atoms with van der Waals surface area (Å²) in [6.45, 7) is 9.92. The Kier molecular flexibility index (Phi) is 10.8. The zero-order valence-corrected chi connectivity index (χ0v) is 14.2. The average Bonchev–Trinajstić information content (AvgIpc) is 2.34. The Morgan fingerprint density at radius 3 is 2.67 bits per heavy atom. The Morgan fingerprint density at radius 2 is 2.06 bits per heavy atom. The number of rotatable bonds is 6. The number of nitrogens with two attached hydrogens (primary N) is 1. The standard InChI is InChI=1S/C13H28N4.HI/c1-3-7-15-13(14)16-8-4-9-17-10-5-12(2)6-11-17;/h12H,3-11H2,1-2H3,(H3,14,15,16);1H. The molecule has 18 heavy (non-hydrogen) atoms. The molecule has 4 nitrogen and oxygen atoms in total. The van der Waals surface area contributed by atoms with Crippen LogP contribution in [0.2, 0.25) is 0 Å². The number of hydrogen-bond donors (Lipinski definition) is 2. The molecule has 0 amide bonds. The zero-order chi connectivity index (χ0) is 12.5. The minimum absolute atomic E-state index is 0. The van der Waals surface area contributed by atoms with E-state index in [0.29, 0.717) is 5.96 Å². The molecule has 0 radical (unpaired) electrons. The highest BCUT2D eigenvalue weighted by atomic mass is 127. The molecule has 1 aliphatic rings. The summed E-state index contributed by atoms with van der Waals surface area (Å²) in [4.78, 5) is 6.76. The minimum Gasteiger partial charge on any atom is -0.370 e. The van der Waals surface area contributed by atoms with Gasteiger partial charge in [-0.2, -0.15) is 0 Å². The van der Waals surface area contributed by atoms with Gasteiger partial charge in [-0.1, -0.05) is 13.8 Å². The van der Waals surface area contributed by atoms with Crippen LogP contribution in [0.1, 0.15) is 39.5 Å². The van der Waals surface area contributed by atoms with Gasteiger partial charge in [-0.25, -0.2) is 0 Å². The molecule has 0 aromatic rings. The van der Waals surface area contributed by atoms with Crippen molar-refractivity contribution in [3.8, 4) is 0 Å². The first-order chi connectivity index (χ1) is 8.22. The molecule has 3 N–H and O–H groups in total. The van der Waals surface area contributed by atoms with Crippen LogP contribution in [0, 0.1) is 5.92 Å². The van der Waals surface area contributed by atoms with E-state index in [1.807, 2.05) is 0 Å². The first-order valence-corrected chi connectivity index (χ1v) is 6.98. The highest BCUT2D eigenvalue weighted by Gasteiger charge is 2.14. The van der Waals surface area contributed by atoms with Gasteiger partial charge in [0.25, 0.3) is 0 Å². The van der Waals surface area contributed by atoms with Crippen molar-refractivity contribution in [1.82, 2.24) is 10.2 Å². The molecule has 0 saturated carbocycles. The van der Waals surface area contributed by atoms with Gasteiger partial charge in [0.1, 0.15) is 0 Å². The summed E-state index contributed by atoms with van der Waals surface area (Å²) < 4.78 is 0. The summed E-state index contributed by atoms with van der Waals surface area (Å²) in [6.07, 6.45) is 4.91. The van der Waals surface area contributed by atoms with Gasteiger partial charge in [0.05, 0.1) is 0 Å². The number of guanidine groups is 1. The van der Waals surface area contributed by atoms with Gasteiger partial charge in [0.2, 0.25) is 0 Å². The maximum Gasteiger partial charge on any atom is 0.188 e. The fourth-order valence-corrected chi connectivity index (χ4v) is 2.09. The number of nitrogens with one attached hydrogen (secondary N) is 1. The molecule has 0 aliphatic carbocycles. The largest absolute Gasteiger partial charge is 0.370 e. The Bertz CT molecular complexity index is 225. The molecule has 1 fully saturated rings. The van der Waals surface area contributed by atoms with E-state index >= 15 is 0 Å². The molecule has 1 aliphatic heterocycles. The normalized spacial score (nSPS) is 18.4. The molecule has 1 heterocycles. The monoisotopic (exact) mass is 368 g/mol. The predicted octanol–water partition coefficient (Wildman–Crippen LogP) is 2.04. The molecule has 0 aromatic carbocycles. The molecule has 0 spiro atoms. The van der Waals surface area contributed by atoms with Gasteiger partial charge in [-0.05, 0) is 51.2 Å². The molecule has 0 bridgehead atoms. The highest BCUT2D eigenvalue weighted by molar-refractivity contribution is 14.0. The van der Waals surface area contributed by atoms with Crippen molar-refractivity contribution in [3.63, 3.8) is 0 Å². The fraction of sp³-hybridized carbons (Fsp3) is 0.923. The van der Waals surface area contributed by atoms with Crippen LogP contribution in [0.5, 0.6) is 0 Å². The van der Waals surface area contributed by atoms with E-state index < -0.39 is 0 Å². The van der Waals surface area contributed by atoms with Crippen molar-refractivity contribution in [2.24, 2.45) is 16.6 Å². The number of likely N-dealkylation sites (tertiary alicyclic amines) is 1. The predicted molar refractivity (Wildman–Crippen MR) is 89.7 cm³/mol. The minimum atomic E-state index is 0. The second-order valence-electron chi connectivity index (χ2n) is 5.07. The second kappa shape index (κ2) is 10.8. The lowest BCUT2D eigenvalue weighted by atomic mass is 9.99. The van der Waals surface area contributed by atoms with Gasteiger partial charge in [-0.3, -0.25) is 4.99 Å². The highest BCUT2D eigenvalue weighted by Crippen LogP contribution is 2.15.